The first-order chi connectivity index (χ1) is 9.59. The number of benzene rings is 1. The van der Waals surface area contributed by atoms with Gasteiger partial charge in [0.1, 0.15) is 0 Å². The lowest BCUT2D eigenvalue weighted by atomic mass is 9.73. The maximum Gasteiger partial charge on any atom is 0.0937 e. The SMILES string of the molecule is CN1CCC([C@]2(O)CCCSc3ccc(Cl)cc32)CC1. The fourth-order valence-electron chi connectivity index (χ4n) is 3.54. The Hall–Kier alpha value is -0.220. The van der Waals surface area contributed by atoms with E-state index in [-0.39, 0.29) is 0 Å². The molecule has 1 atom stereocenters. The van der Waals surface area contributed by atoms with Crippen molar-refractivity contribution in [3.8, 4) is 0 Å². The summed E-state index contributed by atoms with van der Waals surface area (Å²) in [5.41, 5.74) is 0.382. The highest BCUT2D eigenvalue weighted by Crippen LogP contribution is 2.46. The monoisotopic (exact) mass is 311 g/mol. The Bertz CT molecular complexity index is 487. The van der Waals surface area contributed by atoms with E-state index in [4.69, 9.17) is 11.6 Å². The van der Waals surface area contributed by atoms with Crippen molar-refractivity contribution in [1.82, 2.24) is 4.90 Å². The van der Waals surface area contributed by atoms with Crippen LogP contribution in [0.15, 0.2) is 23.1 Å². The predicted molar refractivity (Wildman–Crippen MR) is 85.5 cm³/mol. The molecule has 0 unspecified atom stereocenters. The Labute approximate surface area is 130 Å². The van der Waals surface area contributed by atoms with Crippen molar-refractivity contribution in [1.29, 1.82) is 0 Å². The van der Waals surface area contributed by atoms with Gasteiger partial charge in [0, 0.05) is 9.92 Å². The summed E-state index contributed by atoms with van der Waals surface area (Å²) in [5.74, 6) is 1.44. The first-order valence-corrected chi connectivity index (χ1v) is 8.80. The summed E-state index contributed by atoms with van der Waals surface area (Å²) in [6.45, 7) is 2.16. The molecule has 1 saturated heterocycles. The standard InChI is InChI=1S/C16H22ClNOS/c1-18-8-5-12(6-9-18)16(19)7-2-10-20-15-4-3-13(17)11-14(15)16/h3-4,11-12,19H,2,5-10H2,1H3/t16-/m1/s1. The van der Waals surface area contributed by atoms with Crippen molar-refractivity contribution in [2.45, 2.75) is 36.2 Å². The number of piperidine rings is 1. The van der Waals surface area contributed by atoms with Gasteiger partial charge in [-0.15, -0.1) is 11.8 Å². The van der Waals surface area contributed by atoms with E-state index in [9.17, 15) is 5.11 Å². The number of halogens is 1. The number of hydrogen-bond donors (Lipinski definition) is 1. The molecular formula is C16H22ClNOS. The quantitative estimate of drug-likeness (QED) is 0.854. The summed E-state index contributed by atoms with van der Waals surface area (Å²) in [6.07, 6.45) is 4.08. The van der Waals surface area contributed by atoms with Crippen LogP contribution in [0.2, 0.25) is 5.02 Å². The van der Waals surface area contributed by atoms with Gasteiger partial charge >= 0.3 is 0 Å². The van der Waals surface area contributed by atoms with Gasteiger partial charge in [-0.1, -0.05) is 11.6 Å². The van der Waals surface area contributed by atoms with E-state index < -0.39 is 5.60 Å². The van der Waals surface area contributed by atoms with Crippen molar-refractivity contribution < 1.29 is 5.11 Å². The number of aliphatic hydroxyl groups is 1. The first kappa shape index (κ1) is 14.7. The molecule has 110 valence electrons. The van der Waals surface area contributed by atoms with Crippen LogP contribution in [0.3, 0.4) is 0 Å². The van der Waals surface area contributed by atoms with Crippen LogP contribution in [0.4, 0.5) is 0 Å². The number of nitrogens with zero attached hydrogens (tertiary/aromatic N) is 1. The molecule has 2 aliphatic heterocycles. The van der Waals surface area contributed by atoms with Crippen LogP contribution < -0.4 is 0 Å². The average Bonchev–Trinajstić information content (AvgIpc) is 2.60. The molecule has 1 fully saturated rings. The van der Waals surface area contributed by atoms with Crippen LogP contribution in [0, 0.1) is 5.92 Å². The highest BCUT2D eigenvalue weighted by atomic mass is 35.5. The van der Waals surface area contributed by atoms with Gasteiger partial charge in [0.05, 0.1) is 5.60 Å². The zero-order chi connectivity index (χ0) is 14.2. The Morgan fingerprint density at radius 3 is 2.85 bits per heavy atom. The molecule has 1 N–H and O–H groups in total. The molecule has 0 radical (unpaired) electrons. The van der Waals surface area contributed by atoms with E-state index in [2.05, 4.69) is 18.0 Å². The number of hydrogen-bond acceptors (Lipinski definition) is 3. The fourth-order valence-corrected chi connectivity index (χ4v) is 4.77. The highest BCUT2D eigenvalue weighted by Gasteiger charge is 2.41. The molecular weight excluding hydrogens is 290 g/mol. The van der Waals surface area contributed by atoms with Gasteiger partial charge < -0.3 is 10.0 Å². The summed E-state index contributed by atoms with van der Waals surface area (Å²) in [4.78, 5) is 3.57. The molecule has 4 heteroatoms. The van der Waals surface area contributed by atoms with Crippen molar-refractivity contribution in [3.05, 3.63) is 28.8 Å². The zero-order valence-corrected chi connectivity index (χ0v) is 13.5. The van der Waals surface area contributed by atoms with Crippen molar-refractivity contribution in [2.24, 2.45) is 5.92 Å². The van der Waals surface area contributed by atoms with E-state index in [1.807, 2.05) is 23.9 Å². The van der Waals surface area contributed by atoms with Gasteiger partial charge in [-0.3, -0.25) is 0 Å². The van der Waals surface area contributed by atoms with Crippen molar-refractivity contribution in [2.75, 3.05) is 25.9 Å². The molecule has 2 aliphatic rings. The Balaban J connectivity index is 1.97. The Morgan fingerprint density at radius 2 is 2.10 bits per heavy atom. The molecule has 2 heterocycles. The smallest absolute Gasteiger partial charge is 0.0937 e. The maximum absolute atomic E-state index is 11.4. The molecule has 3 rings (SSSR count). The minimum absolute atomic E-state index is 0.356. The molecule has 0 spiro atoms. The van der Waals surface area contributed by atoms with E-state index in [0.29, 0.717) is 5.92 Å². The molecule has 0 aliphatic carbocycles. The van der Waals surface area contributed by atoms with Crippen molar-refractivity contribution in [3.63, 3.8) is 0 Å². The number of rotatable bonds is 1. The number of thioether (sulfide) groups is 1. The van der Waals surface area contributed by atoms with E-state index in [0.717, 1.165) is 55.1 Å². The average molecular weight is 312 g/mol. The van der Waals surface area contributed by atoms with Crippen LogP contribution >= 0.6 is 23.4 Å². The van der Waals surface area contributed by atoms with Crippen molar-refractivity contribution >= 4 is 23.4 Å². The topological polar surface area (TPSA) is 23.5 Å². The molecule has 1 aromatic rings. The second-order valence-electron chi connectivity index (χ2n) is 6.09. The summed E-state index contributed by atoms with van der Waals surface area (Å²) in [7, 11) is 2.16. The molecule has 0 amide bonds. The maximum atomic E-state index is 11.4. The largest absolute Gasteiger partial charge is 0.385 e. The summed E-state index contributed by atoms with van der Waals surface area (Å²) in [5, 5.41) is 12.2. The third-order valence-corrected chi connectivity index (χ3v) is 6.16. The van der Waals surface area contributed by atoms with Crippen LogP contribution in [-0.4, -0.2) is 35.9 Å². The molecule has 2 nitrogen and oxygen atoms in total. The van der Waals surface area contributed by atoms with Gasteiger partial charge in [-0.25, -0.2) is 0 Å². The summed E-state index contributed by atoms with van der Waals surface area (Å²) >= 11 is 8.05. The Morgan fingerprint density at radius 1 is 1.35 bits per heavy atom. The van der Waals surface area contributed by atoms with Gasteiger partial charge in [-0.05, 0) is 81.3 Å². The van der Waals surface area contributed by atoms with Gasteiger partial charge in [0.2, 0.25) is 0 Å². The predicted octanol–water partition coefficient (Wildman–Crippen LogP) is 3.76. The van der Waals surface area contributed by atoms with Gasteiger partial charge in [-0.2, -0.15) is 0 Å². The summed E-state index contributed by atoms with van der Waals surface area (Å²) < 4.78 is 0. The van der Waals surface area contributed by atoms with Gasteiger partial charge in [0.25, 0.3) is 0 Å². The molecule has 0 bridgehead atoms. The van der Waals surface area contributed by atoms with Crippen LogP contribution in [-0.2, 0) is 5.60 Å². The van der Waals surface area contributed by atoms with E-state index in [1.54, 1.807) is 0 Å². The zero-order valence-electron chi connectivity index (χ0n) is 11.9. The lowest BCUT2D eigenvalue weighted by molar-refractivity contribution is -0.0549. The second-order valence-corrected chi connectivity index (χ2v) is 7.67. The minimum atomic E-state index is -0.689. The lowest BCUT2D eigenvalue weighted by Gasteiger charge is -2.41. The molecule has 20 heavy (non-hydrogen) atoms. The molecule has 0 aromatic heterocycles. The van der Waals surface area contributed by atoms with E-state index in [1.165, 1.54) is 4.90 Å². The van der Waals surface area contributed by atoms with Crippen LogP contribution in [0.5, 0.6) is 0 Å². The van der Waals surface area contributed by atoms with E-state index >= 15 is 0 Å². The molecule has 1 aromatic carbocycles. The number of fused-ring (bicyclic) bond motifs is 1. The third-order valence-electron chi connectivity index (χ3n) is 4.76. The fraction of sp³-hybridized carbons (Fsp3) is 0.625. The highest BCUT2D eigenvalue weighted by molar-refractivity contribution is 7.99. The van der Waals surface area contributed by atoms with Crippen LogP contribution in [0.1, 0.15) is 31.2 Å². The normalized spacial score (nSPS) is 28.9. The first-order valence-electron chi connectivity index (χ1n) is 7.43. The second kappa shape index (κ2) is 5.88. The summed E-state index contributed by atoms with van der Waals surface area (Å²) in [6, 6.07) is 6.01. The minimum Gasteiger partial charge on any atom is -0.385 e. The third kappa shape index (κ3) is 2.74. The lowest BCUT2D eigenvalue weighted by Crippen LogP contribution is -2.42. The Kier molecular flexibility index (Phi) is 4.32. The van der Waals surface area contributed by atoms with Gasteiger partial charge in [0.15, 0.2) is 0 Å². The van der Waals surface area contributed by atoms with Crippen LogP contribution in [0.25, 0.3) is 0 Å². The number of likely N-dealkylation sites (tertiary alicyclic amines) is 1. The molecule has 0 saturated carbocycles.